The van der Waals surface area contributed by atoms with Gasteiger partial charge in [-0.2, -0.15) is 0 Å². The second kappa shape index (κ2) is 5.11. The van der Waals surface area contributed by atoms with E-state index in [1.54, 1.807) is 4.90 Å². The second-order valence-corrected chi connectivity index (χ2v) is 5.42. The van der Waals surface area contributed by atoms with Gasteiger partial charge < -0.3 is 10.0 Å². The molecule has 0 atom stereocenters. The van der Waals surface area contributed by atoms with Gasteiger partial charge in [0, 0.05) is 19.2 Å². The third-order valence-corrected chi connectivity index (χ3v) is 3.92. The number of aliphatic hydroxyl groups excluding tert-OH is 1. The van der Waals surface area contributed by atoms with Crippen LogP contribution in [0.3, 0.4) is 0 Å². The summed E-state index contributed by atoms with van der Waals surface area (Å²) in [6, 6.07) is 5.84. The van der Waals surface area contributed by atoms with Crippen LogP contribution in [0, 0.1) is 19.8 Å². The minimum absolute atomic E-state index is 0.0811. The summed E-state index contributed by atoms with van der Waals surface area (Å²) in [5.41, 5.74) is 2.99. The van der Waals surface area contributed by atoms with Crippen LogP contribution in [-0.4, -0.2) is 35.6 Å². The maximum atomic E-state index is 12.3. The van der Waals surface area contributed by atoms with Crippen LogP contribution >= 0.6 is 0 Å². The van der Waals surface area contributed by atoms with E-state index in [2.05, 4.69) is 0 Å². The lowest BCUT2D eigenvalue weighted by Crippen LogP contribution is -2.39. The van der Waals surface area contributed by atoms with Crippen molar-refractivity contribution >= 4 is 5.91 Å². The van der Waals surface area contributed by atoms with Crippen molar-refractivity contribution < 1.29 is 9.90 Å². The minimum Gasteiger partial charge on any atom is -0.393 e. The van der Waals surface area contributed by atoms with Gasteiger partial charge in [-0.05, 0) is 49.8 Å². The Morgan fingerprint density at radius 1 is 1.39 bits per heavy atom. The van der Waals surface area contributed by atoms with E-state index in [1.807, 2.05) is 39.1 Å². The third kappa shape index (κ3) is 2.56. The summed E-state index contributed by atoms with van der Waals surface area (Å²) in [4.78, 5) is 14.1. The van der Waals surface area contributed by atoms with Crippen LogP contribution in [0.25, 0.3) is 0 Å². The van der Waals surface area contributed by atoms with Crippen LogP contribution in [0.1, 0.15) is 34.3 Å². The lowest BCUT2D eigenvalue weighted by molar-refractivity contribution is 0.0265. The molecule has 1 fully saturated rings. The molecule has 3 heteroatoms. The summed E-state index contributed by atoms with van der Waals surface area (Å²) in [6.45, 7) is 4.75. The lowest BCUT2D eigenvalue weighted by atomic mass is 9.82. The Bertz CT molecular complexity index is 450. The number of rotatable bonds is 3. The van der Waals surface area contributed by atoms with E-state index < -0.39 is 0 Å². The molecule has 1 aliphatic carbocycles. The number of nitrogens with zero attached hydrogens (tertiary/aromatic N) is 1. The van der Waals surface area contributed by atoms with E-state index in [-0.39, 0.29) is 12.0 Å². The van der Waals surface area contributed by atoms with Crippen LogP contribution in [0.5, 0.6) is 0 Å². The van der Waals surface area contributed by atoms with Crippen molar-refractivity contribution in [2.24, 2.45) is 5.92 Å². The van der Waals surface area contributed by atoms with Gasteiger partial charge in [0.1, 0.15) is 0 Å². The van der Waals surface area contributed by atoms with E-state index in [1.165, 1.54) is 0 Å². The number of carbonyl (C=O) groups is 1. The van der Waals surface area contributed by atoms with E-state index in [4.69, 9.17) is 0 Å². The summed E-state index contributed by atoms with van der Waals surface area (Å²) in [5, 5.41) is 9.26. The van der Waals surface area contributed by atoms with Gasteiger partial charge in [0.05, 0.1) is 6.10 Å². The lowest BCUT2D eigenvalue weighted by Gasteiger charge is -2.34. The molecule has 0 heterocycles. The molecule has 0 unspecified atom stereocenters. The van der Waals surface area contributed by atoms with E-state index in [0.29, 0.717) is 5.92 Å². The molecule has 1 N–H and O–H groups in total. The number of carbonyl (C=O) groups excluding carboxylic acids is 1. The Hall–Kier alpha value is -1.35. The molecule has 1 aromatic carbocycles. The van der Waals surface area contributed by atoms with E-state index in [9.17, 15) is 9.90 Å². The highest BCUT2D eigenvalue weighted by Gasteiger charge is 2.29. The zero-order chi connectivity index (χ0) is 13.3. The van der Waals surface area contributed by atoms with E-state index in [0.717, 1.165) is 36.1 Å². The molecule has 0 spiro atoms. The summed E-state index contributed by atoms with van der Waals surface area (Å²) in [6.07, 6.45) is 1.49. The van der Waals surface area contributed by atoms with Crippen molar-refractivity contribution in [2.45, 2.75) is 32.8 Å². The quantitative estimate of drug-likeness (QED) is 0.889. The molecule has 0 saturated heterocycles. The largest absolute Gasteiger partial charge is 0.393 e. The van der Waals surface area contributed by atoms with Gasteiger partial charge in [0.15, 0.2) is 0 Å². The maximum Gasteiger partial charge on any atom is 0.253 e. The molecule has 0 aromatic heterocycles. The van der Waals surface area contributed by atoms with Gasteiger partial charge in [0.25, 0.3) is 5.91 Å². The Morgan fingerprint density at radius 3 is 2.67 bits per heavy atom. The van der Waals surface area contributed by atoms with E-state index >= 15 is 0 Å². The van der Waals surface area contributed by atoms with Crippen molar-refractivity contribution in [3.05, 3.63) is 34.9 Å². The highest BCUT2D eigenvalue weighted by Crippen LogP contribution is 2.28. The molecule has 98 valence electrons. The topological polar surface area (TPSA) is 40.5 Å². The van der Waals surface area contributed by atoms with Gasteiger partial charge in [-0.3, -0.25) is 4.79 Å². The number of benzene rings is 1. The van der Waals surface area contributed by atoms with Crippen molar-refractivity contribution in [1.29, 1.82) is 0 Å². The van der Waals surface area contributed by atoms with Gasteiger partial charge in [-0.1, -0.05) is 12.1 Å². The van der Waals surface area contributed by atoms with Gasteiger partial charge in [0.2, 0.25) is 0 Å². The summed E-state index contributed by atoms with van der Waals surface area (Å²) < 4.78 is 0. The predicted molar refractivity (Wildman–Crippen MR) is 71.6 cm³/mol. The first-order valence-corrected chi connectivity index (χ1v) is 6.48. The molecule has 0 bridgehead atoms. The number of hydrogen-bond acceptors (Lipinski definition) is 2. The zero-order valence-electron chi connectivity index (χ0n) is 11.3. The Balaban J connectivity index is 2.04. The molecule has 0 aliphatic heterocycles. The average Bonchev–Trinajstić information content (AvgIpc) is 2.30. The number of amides is 1. The molecule has 2 rings (SSSR count). The van der Waals surface area contributed by atoms with Crippen molar-refractivity contribution in [3.8, 4) is 0 Å². The summed E-state index contributed by atoms with van der Waals surface area (Å²) >= 11 is 0. The maximum absolute atomic E-state index is 12.3. The van der Waals surface area contributed by atoms with Crippen molar-refractivity contribution in [1.82, 2.24) is 4.90 Å². The molecule has 1 aliphatic rings. The van der Waals surface area contributed by atoms with Crippen LogP contribution in [0.15, 0.2) is 18.2 Å². The first-order valence-electron chi connectivity index (χ1n) is 6.48. The van der Waals surface area contributed by atoms with Gasteiger partial charge >= 0.3 is 0 Å². The van der Waals surface area contributed by atoms with Crippen LogP contribution in [-0.2, 0) is 0 Å². The number of aliphatic hydroxyl groups is 1. The van der Waals surface area contributed by atoms with Crippen LogP contribution in [0.4, 0.5) is 0 Å². The average molecular weight is 247 g/mol. The fourth-order valence-corrected chi connectivity index (χ4v) is 2.51. The molecular weight excluding hydrogens is 226 g/mol. The molecule has 3 nitrogen and oxygen atoms in total. The fourth-order valence-electron chi connectivity index (χ4n) is 2.51. The highest BCUT2D eigenvalue weighted by molar-refractivity contribution is 5.95. The summed E-state index contributed by atoms with van der Waals surface area (Å²) in [7, 11) is 1.84. The SMILES string of the molecule is Cc1cccc(C(=O)N(C)CC2CC(O)C2)c1C. The first kappa shape index (κ1) is 13.1. The molecule has 0 radical (unpaired) electrons. The van der Waals surface area contributed by atoms with Crippen molar-refractivity contribution in [2.75, 3.05) is 13.6 Å². The molecular formula is C15H21NO2. The standard InChI is InChI=1S/C15H21NO2/c1-10-5-4-6-14(11(10)2)15(18)16(3)9-12-7-13(17)8-12/h4-6,12-13,17H,7-9H2,1-3H3. The number of hydrogen-bond donors (Lipinski definition) is 1. The molecule has 1 aromatic rings. The predicted octanol–water partition coefficient (Wildman–Crippen LogP) is 2.15. The highest BCUT2D eigenvalue weighted by atomic mass is 16.3. The van der Waals surface area contributed by atoms with Crippen LogP contribution in [0.2, 0.25) is 0 Å². The normalized spacial score (nSPS) is 22.4. The third-order valence-electron chi connectivity index (χ3n) is 3.92. The van der Waals surface area contributed by atoms with Crippen LogP contribution < -0.4 is 0 Å². The smallest absolute Gasteiger partial charge is 0.253 e. The molecule has 1 saturated carbocycles. The van der Waals surface area contributed by atoms with Gasteiger partial charge in [-0.25, -0.2) is 0 Å². The Kier molecular flexibility index (Phi) is 3.71. The first-order chi connectivity index (χ1) is 8.49. The van der Waals surface area contributed by atoms with Crippen molar-refractivity contribution in [3.63, 3.8) is 0 Å². The van der Waals surface area contributed by atoms with Gasteiger partial charge in [-0.15, -0.1) is 0 Å². The minimum atomic E-state index is -0.154. The molecule has 18 heavy (non-hydrogen) atoms. The Morgan fingerprint density at radius 2 is 2.06 bits per heavy atom. The number of aryl methyl sites for hydroxylation is 1. The summed E-state index contributed by atoms with van der Waals surface area (Å²) in [5.74, 6) is 0.539. The molecule has 1 amide bonds. The fraction of sp³-hybridized carbons (Fsp3) is 0.533. The second-order valence-electron chi connectivity index (χ2n) is 5.42. The monoisotopic (exact) mass is 247 g/mol. The zero-order valence-corrected chi connectivity index (χ0v) is 11.3. The Labute approximate surface area is 108 Å².